The third-order valence-corrected chi connectivity index (χ3v) is 3.13. The van der Waals surface area contributed by atoms with E-state index in [-0.39, 0.29) is 16.7 Å². The quantitative estimate of drug-likeness (QED) is 0.824. The first-order valence-corrected chi connectivity index (χ1v) is 6.65. The Labute approximate surface area is 131 Å². The van der Waals surface area contributed by atoms with E-state index < -0.39 is 5.91 Å². The molecule has 0 atom stereocenters. The van der Waals surface area contributed by atoms with E-state index in [4.69, 9.17) is 33.7 Å². The number of carbonyl (C=O) groups is 1. The summed E-state index contributed by atoms with van der Waals surface area (Å²) in [4.78, 5) is 19.0. The Morgan fingerprint density at radius 1 is 1.43 bits per heavy atom. The summed E-state index contributed by atoms with van der Waals surface area (Å²) in [6.07, 6.45) is 1.27. The minimum atomic E-state index is -0.646. The van der Waals surface area contributed by atoms with Gasteiger partial charge in [-0.3, -0.25) is 4.79 Å². The lowest BCUT2D eigenvalue weighted by Gasteiger charge is -2.12. The summed E-state index contributed by atoms with van der Waals surface area (Å²) in [5.74, 6) is 0.268. The second-order valence-electron chi connectivity index (χ2n) is 4.08. The number of anilines is 1. The average Bonchev–Trinajstić information content (AvgIpc) is 2.45. The molecule has 2 rings (SSSR count). The number of methoxy groups -OCH3 is 1. The Hall–Kier alpha value is -2.05. The standard InChI is InChI=1S/C13H12Cl2N4O2/c1-21-10-3-2-8(14)4-7(10)5-17-12-9(11(16)20)6-18-13(15)19-12/h2-4,6H,5H2,1H3,(H2,16,20)(H,17,18,19). The van der Waals surface area contributed by atoms with Crippen molar-refractivity contribution in [1.29, 1.82) is 0 Å². The highest BCUT2D eigenvalue weighted by atomic mass is 35.5. The van der Waals surface area contributed by atoms with E-state index in [1.165, 1.54) is 6.20 Å². The molecular weight excluding hydrogens is 315 g/mol. The number of halogens is 2. The molecule has 1 heterocycles. The average molecular weight is 327 g/mol. The zero-order chi connectivity index (χ0) is 15.4. The second kappa shape index (κ2) is 6.60. The van der Waals surface area contributed by atoms with E-state index in [9.17, 15) is 4.79 Å². The molecule has 0 aliphatic rings. The van der Waals surface area contributed by atoms with Gasteiger partial charge in [-0.2, -0.15) is 4.98 Å². The Balaban J connectivity index is 2.26. The maximum atomic E-state index is 11.3. The molecule has 1 aromatic carbocycles. The second-order valence-corrected chi connectivity index (χ2v) is 4.85. The van der Waals surface area contributed by atoms with Crippen molar-refractivity contribution in [2.75, 3.05) is 12.4 Å². The van der Waals surface area contributed by atoms with E-state index in [1.54, 1.807) is 25.3 Å². The molecule has 110 valence electrons. The van der Waals surface area contributed by atoms with E-state index in [2.05, 4.69) is 15.3 Å². The van der Waals surface area contributed by atoms with Gasteiger partial charge in [0.05, 0.1) is 12.7 Å². The summed E-state index contributed by atoms with van der Waals surface area (Å²) in [6.45, 7) is 0.331. The molecule has 0 aliphatic carbocycles. The van der Waals surface area contributed by atoms with Crippen LogP contribution in [0.5, 0.6) is 5.75 Å². The summed E-state index contributed by atoms with van der Waals surface area (Å²) in [5, 5.41) is 3.57. The van der Waals surface area contributed by atoms with E-state index in [0.717, 1.165) is 5.56 Å². The van der Waals surface area contributed by atoms with Gasteiger partial charge in [0.2, 0.25) is 5.28 Å². The van der Waals surface area contributed by atoms with Crippen molar-refractivity contribution >= 4 is 34.9 Å². The molecule has 0 unspecified atom stereocenters. The van der Waals surface area contributed by atoms with Gasteiger partial charge in [-0.25, -0.2) is 4.98 Å². The Morgan fingerprint density at radius 2 is 2.19 bits per heavy atom. The molecular formula is C13H12Cl2N4O2. The van der Waals surface area contributed by atoms with E-state index >= 15 is 0 Å². The minimum Gasteiger partial charge on any atom is -0.496 e. The lowest BCUT2D eigenvalue weighted by Crippen LogP contribution is -2.16. The predicted octanol–water partition coefficient (Wildman–Crippen LogP) is 2.50. The molecule has 1 amide bonds. The number of hydrogen-bond donors (Lipinski definition) is 2. The summed E-state index contributed by atoms with van der Waals surface area (Å²) in [7, 11) is 1.56. The maximum Gasteiger partial charge on any atom is 0.254 e. The SMILES string of the molecule is COc1ccc(Cl)cc1CNc1nc(Cl)ncc1C(N)=O. The molecule has 0 fully saturated rings. The van der Waals surface area contributed by atoms with Crippen molar-refractivity contribution in [3.05, 3.63) is 45.8 Å². The highest BCUT2D eigenvalue weighted by molar-refractivity contribution is 6.30. The maximum absolute atomic E-state index is 11.3. The molecule has 0 saturated heterocycles. The highest BCUT2D eigenvalue weighted by Gasteiger charge is 2.12. The zero-order valence-electron chi connectivity index (χ0n) is 11.1. The number of carbonyl (C=O) groups excluding carboxylic acids is 1. The third kappa shape index (κ3) is 3.74. The summed E-state index contributed by atoms with van der Waals surface area (Å²) in [5.41, 5.74) is 6.22. The first-order chi connectivity index (χ1) is 10.0. The summed E-state index contributed by atoms with van der Waals surface area (Å²) < 4.78 is 5.24. The highest BCUT2D eigenvalue weighted by Crippen LogP contribution is 2.24. The number of nitrogens with zero attached hydrogens (tertiary/aromatic N) is 2. The van der Waals surface area contributed by atoms with Crippen LogP contribution < -0.4 is 15.8 Å². The normalized spacial score (nSPS) is 10.2. The molecule has 0 aliphatic heterocycles. The number of rotatable bonds is 5. The van der Waals surface area contributed by atoms with Crippen LogP contribution in [-0.4, -0.2) is 23.0 Å². The topological polar surface area (TPSA) is 90.1 Å². The van der Waals surface area contributed by atoms with Gasteiger partial charge in [0.15, 0.2) is 0 Å². The van der Waals surface area contributed by atoms with Crippen LogP contribution in [0.3, 0.4) is 0 Å². The van der Waals surface area contributed by atoms with Crippen molar-refractivity contribution in [2.24, 2.45) is 5.73 Å². The lowest BCUT2D eigenvalue weighted by molar-refractivity contribution is 0.100. The molecule has 0 saturated carbocycles. The van der Waals surface area contributed by atoms with E-state index in [1.807, 2.05) is 0 Å². The van der Waals surface area contributed by atoms with Crippen molar-refractivity contribution in [2.45, 2.75) is 6.54 Å². The molecule has 1 aromatic heterocycles. The molecule has 3 N–H and O–H groups in total. The van der Waals surface area contributed by atoms with Gasteiger partial charge >= 0.3 is 0 Å². The molecule has 0 bridgehead atoms. The molecule has 8 heteroatoms. The van der Waals surface area contributed by atoms with Crippen LogP contribution >= 0.6 is 23.2 Å². The molecule has 2 aromatic rings. The van der Waals surface area contributed by atoms with Crippen molar-refractivity contribution < 1.29 is 9.53 Å². The Bertz CT molecular complexity index is 679. The Kier molecular flexibility index (Phi) is 4.82. The van der Waals surface area contributed by atoms with Gasteiger partial charge in [-0.05, 0) is 29.8 Å². The number of nitrogens with two attached hydrogens (primary N) is 1. The number of amides is 1. The summed E-state index contributed by atoms with van der Waals surface area (Å²) in [6, 6.07) is 5.22. The van der Waals surface area contributed by atoms with Crippen molar-refractivity contribution in [3.8, 4) is 5.75 Å². The number of nitrogens with one attached hydrogen (secondary N) is 1. The van der Waals surface area contributed by atoms with Crippen molar-refractivity contribution in [3.63, 3.8) is 0 Å². The van der Waals surface area contributed by atoms with Gasteiger partial charge in [0.25, 0.3) is 5.91 Å². The number of aromatic nitrogens is 2. The van der Waals surface area contributed by atoms with E-state index in [0.29, 0.717) is 17.3 Å². The van der Waals surface area contributed by atoms with Gasteiger partial charge in [0, 0.05) is 23.3 Å². The molecule has 0 spiro atoms. The first-order valence-electron chi connectivity index (χ1n) is 5.90. The largest absolute Gasteiger partial charge is 0.496 e. The summed E-state index contributed by atoms with van der Waals surface area (Å²) >= 11 is 11.7. The van der Waals surface area contributed by atoms with Crippen LogP contribution in [0.4, 0.5) is 5.82 Å². The minimum absolute atomic E-state index is 0.0144. The number of primary amides is 1. The zero-order valence-corrected chi connectivity index (χ0v) is 12.6. The number of benzene rings is 1. The number of hydrogen-bond acceptors (Lipinski definition) is 5. The molecule has 6 nitrogen and oxygen atoms in total. The lowest BCUT2D eigenvalue weighted by atomic mass is 10.2. The van der Waals surface area contributed by atoms with Crippen LogP contribution in [0.25, 0.3) is 0 Å². The molecule has 0 radical (unpaired) electrons. The van der Waals surface area contributed by atoms with Gasteiger partial charge in [-0.15, -0.1) is 0 Å². The smallest absolute Gasteiger partial charge is 0.254 e. The fourth-order valence-electron chi connectivity index (χ4n) is 1.74. The third-order valence-electron chi connectivity index (χ3n) is 2.71. The fraction of sp³-hybridized carbons (Fsp3) is 0.154. The van der Waals surface area contributed by atoms with Crippen molar-refractivity contribution in [1.82, 2.24) is 9.97 Å². The van der Waals surface area contributed by atoms with Crippen LogP contribution in [0.2, 0.25) is 10.3 Å². The fourth-order valence-corrected chi connectivity index (χ4v) is 2.07. The van der Waals surface area contributed by atoms with Gasteiger partial charge in [0.1, 0.15) is 11.6 Å². The number of ether oxygens (including phenoxy) is 1. The van der Waals surface area contributed by atoms with Crippen LogP contribution in [0, 0.1) is 0 Å². The first kappa shape index (κ1) is 15.3. The Morgan fingerprint density at radius 3 is 2.86 bits per heavy atom. The van der Waals surface area contributed by atoms with Gasteiger partial charge in [-0.1, -0.05) is 11.6 Å². The van der Waals surface area contributed by atoms with Crippen LogP contribution in [0.15, 0.2) is 24.4 Å². The molecule has 21 heavy (non-hydrogen) atoms. The van der Waals surface area contributed by atoms with Crippen LogP contribution in [-0.2, 0) is 6.54 Å². The van der Waals surface area contributed by atoms with Crippen LogP contribution in [0.1, 0.15) is 15.9 Å². The monoisotopic (exact) mass is 326 g/mol. The predicted molar refractivity (Wildman–Crippen MR) is 80.9 cm³/mol. The van der Waals surface area contributed by atoms with Gasteiger partial charge < -0.3 is 15.8 Å².